The molecule has 6 heteroatoms. The number of pyridine rings is 1. The van der Waals surface area contributed by atoms with Crippen molar-refractivity contribution in [2.75, 3.05) is 24.5 Å². The maximum absolute atomic E-state index is 13.0. The van der Waals surface area contributed by atoms with Crippen LogP contribution in [0.1, 0.15) is 29.8 Å². The van der Waals surface area contributed by atoms with E-state index >= 15 is 0 Å². The zero-order valence-electron chi connectivity index (χ0n) is 13.4. The number of anilines is 1. The van der Waals surface area contributed by atoms with E-state index in [1.54, 1.807) is 29.4 Å². The maximum Gasteiger partial charge on any atom is 0.289 e. The molecule has 2 aromatic rings. The minimum atomic E-state index is -0.338. The normalized spacial score (nSPS) is 19.9. The maximum atomic E-state index is 13.0. The van der Waals surface area contributed by atoms with Gasteiger partial charge >= 0.3 is 0 Å². The number of rotatable bonds is 2. The molecule has 0 saturated carbocycles. The Morgan fingerprint density at radius 2 is 1.92 bits per heavy atom. The van der Waals surface area contributed by atoms with Gasteiger partial charge in [0.2, 0.25) is 5.91 Å². The van der Waals surface area contributed by atoms with Gasteiger partial charge in [-0.05, 0) is 43.5 Å². The molecule has 0 bridgehead atoms. The molecule has 2 amide bonds. The van der Waals surface area contributed by atoms with E-state index in [4.69, 9.17) is 4.42 Å². The molecule has 1 spiro atoms. The van der Waals surface area contributed by atoms with E-state index in [0.29, 0.717) is 31.7 Å². The third-order valence-corrected chi connectivity index (χ3v) is 5.21. The van der Waals surface area contributed by atoms with Gasteiger partial charge in [0.05, 0.1) is 23.6 Å². The number of amides is 2. The third kappa shape index (κ3) is 2.38. The Hall–Kier alpha value is -2.63. The van der Waals surface area contributed by atoms with Crippen molar-refractivity contribution in [3.63, 3.8) is 0 Å². The van der Waals surface area contributed by atoms with Crippen LogP contribution in [0.4, 0.5) is 5.69 Å². The lowest BCUT2D eigenvalue weighted by Gasteiger charge is -2.37. The summed E-state index contributed by atoms with van der Waals surface area (Å²) >= 11 is 0. The van der Waals surface area contributed by atoms with Crippen LogP contribution in [-0.4, -0.2) is 41.3 Å². The number of carbonyl (C=O) groups excluding carboxylic acids is 2. The van der Waals surface area contributed by atoms with Gasteiger partial charge in [-0.1, -0.05) is 0 Å². The Bertz CT molecular complexity index is 734. The zero-order valence-corrected chi connectivity index (χ0v) is 13.4. The monoisotopic (exact) mass is 325 g/mol. The summed E-state index contributed by atoms with van der Waals surface area (Å²) in [5, 5.41) is 0. The summed E-state index contributed by atoms with van der Waals surface area (Å²) in [5.41, 5.74) is 0.518. The van der Waals surface area contributed by atoms with Gasteiger partial charge in [-0.2, -0.15) is 0 Å². The van der Waals surface area contributed by atoms with Crippen molar-refractivity contribution in [2.24, 2.45) is 5.41 Å². The summed E-state index contributed by atoms with van der Waals surface area (Å²) in [6.07, 6.45) is 7.18. The molecule has 4 rings (SSSR count). The van der Waals surface area contributed by atoms with E-state index in [0.717, 1.165) is 18.7 Å². The quantitative estimate of drug-likeness (QED) is 0.850. The summed E-state index contributed by atoms with van der Waals surface area (Å²) in [6.45, 7) is 1.90. The van der Waals surface area contributed by atoms with Gasteiger partial charge in [0.25, 0.3) is 5.91 Å². The number of nitrogens with zero attached hydrogens (tertiary/aromatic N) is 3. The van der Waals surface area contributed by atoms with Crippen LogP contribution >= 0.6 is 0 Å². The lowest BCUT2D eigenvalue weighted by atomic mass is 9.77. The van der Waals surface area contributed by atoms with Crippen LogP contribution in [-0.2, 0) is 4.79 Å². The van der Waals surface area contributed by atoms with Crippen molar-refractivity contribution < 1.29 is 14.0 Å². The molecule has 2 saturated heterocycles. The molecule has 0 radical (unpaired) electrons. The van der Waals surface area contributed by atoms with Gasteiger partial charge in [-0.3, -0.25) is 14.6 Å². The van der Waals surface area contributed by atoms with Gasteiger partial charge in [-0.25, -0.2) is 0 Å². The molecule has 0 unspecified atom stereocenters. The first-order chi connectivity index (χ1) is 11.7. The highest BCUT2D eigenvalue weighted by molar-refractivity contribution is 6.00. The Labute approximate surface area is 140 Å². The highest BCUT2D eigenvalue weighted by atomic mass is 16.3. The topological polar surface area (TPSA) is 66.7 Å². The van der Waals surface area contributed by atoms with Gasteiger partial charge in [0.1, 0.15) is 0 Å². The number of furan rings is 1. The second-order valence-electron chi connectivity index (χ2n) is 6.47. The molecule has 2 aliphatic rings. The predicted molar refractivity (Wildman–Crippen MR) is 87.5 cm³/mol. The first kappa shape index (κ1) is 14.9. The number of piperidine rings is 1. The molecule has 2 aliphatic heterocycles. The van der Waals surface area contributed by atoms with Crippen LogP contribution in [0.5, 0.6) is 0 Å². The van der Waals surface area contributed by atoms with E-state index < -0.39 is 0 Å². The summed E-state index contributed by atoms with van der Waals surface area (Å²) < 4.78 is 5.19. The standard InChI is InChI=1S/C18H19N3O3/c22-16(15-4-2-12-24-15)20-9-5-18(6-10-20)7-11-21(17(18)23)14-3-1-8-19-13-14/h1-4,8,12-13H,5-7,9-11H2. The summed E-state index contributed by atoms with van der Waals surface area (Å²) in [4.78, 5) is 33.0. The largest absolute Gasteiger partial charge is 0.459 e. The SMILES string of the molecule is O=C(c1ccco1)N1CCC2(CC1)CCN(c1cccnc1)C2=O. The average Bonchev–Trinajstić information content (AvgIpc) is 3.26. The predicted octanol–water partition coefficient (Wildman–Crippen LogP) is 2.33. The fraction of sp³-hybridized carbons (Fsp3) is 0.389. The smallest absolute Gasteiger partial charge is 0.289 e. The molecule has 4 heterocycles. The van der Waals surface area contributed by atoms with Gasteiger partial charge in [0.15, 0.2) is 5.76 Å². The number of hydrogen-bond acceptors (Lipinski definition) is 4. The lowest BCUT2D eigenvalue weighted by molar-refractivity contribution is -0.127. The van der Waals surface area contributed by atoms with Crippen LogP contribution in [0.25, 0.3) is 0 Å². The fourth-order valence-corrected chi connectivity index (χ4v) is 3.74. The van der Waals surface area contributed by atoms with Crippen LogP contribution < -0.4 is 4.90 Å². The molecule has 0 aliphatic carbocycles. The number of hydrogen-bond donors (Lipinski definition) is 0. The second-order valence-corrected chi connectivity index (χ2v) is 6.47. The molecule has 24 heavy (non-hydrogen) atoms. The Kier molecular flexibility index (Phi) is 3.59. The van der Waals surface area contributed by atoms with Gasteiger partial charge in [0, 0.05) is 25.8 Å². The van der Waals surface area contributed by atoms with E-state index in [-0.39, 0.29) is 17.2 Å². The van der Waals surface area contributed by atoms with E-state index in [1.165, 1.54) is 6.26 Å². The first-order valence-corrected chi connectivity index (χ1v) is 8.24. The Morgan fingerprint density at radius 3 is 2.58 bits per heavy atom. The van der Waals surface area contributed by atoms with Gasteiger partial charge in [-0.15, -0.1) is 0 Å². The van der Waals surface area contributed by atoms with E-state index in [9.17, 15) is 9.59 Å². The van der Waals surface area contributed by atoms with Crippen LogP contribution in [0.2, 0.25) is 0 Å². The van der Waals surface area contributed by atoms with Crippen molar-refractivity contribution in [2.45, 2.75) is 19.3 Å². The van der Waals surface area contributed by atoms with Crippen LogP contribution in [0.3, 0.4) is 0 Å². The van der Waals surface area contributed by atoms with E-state index in [1.807, 2.05) is 17.0 Å². The molecule has 2 aromatic heterocycles. The van der Waals surface area contributed by atoms with Crippen molar-refractivity contribution in [3.05, 3.63) is 48.7 Å². The molecule has 0 N–H and O–H groups in total. The fourth-order valence-electron chi connectivity index (χ4n) is 3.74. The minimum Gasteiger partial charge on any atom is -0.459 e. The molecular weight excluding hydrogens is 306 g/mol. The average molecular weight is 325 g/mol. The second kappa shape index (κ2) is 5.78. The van der Waals surface area contributed by atoms with Crippen molar-refractivity contribution in [3.8, 4) is 0 Å². The molecule has 6 nitrogen and oxygen atoms in total. The summed E-state index contributed by atoms with van der Waals surface area (Å²) in [6, 6.07) is 7.15. The van der Waals surface area contributed by atoms with Crippen LogP contribution in [0, 0.1) is 5.41 Å². The highest BCUT2D eigenvalue weighted by Crippen LogP contribution is 2.43. The number of carbonyl (C=O) groups is 2. The number of aromatic nitrogens is 1. The van der Waals surface area contributed by atoms with E-state index in [2.05, 4.69) is 4.98 Å². The highest BCUT2D eigenvalue weighted by Gasteiger charge is 2.49. The molecule has 0 atom stereocenters. The molecule has 124 valence electrons. The Balaban J connectivity index is 1.45. The van der Waals surface area contributed by atoms with Crippen molar-refractivity contribution >= 4 is 17.5 Å². The first-order valence-electron chi connectivity index (χ1n) is 8.24. The lowest BCUT2D eigenvalue weighted by Crippen LogP contribution is -2.46. The minimum absolute atomic E-state index is 0.0931. The molecule has 0 aromatic carbocycles. The summed E-state index contributed by atoms with van der Waals surface area (Å²) in [5.74, 6) is 0.436. The van der Waals surface area contributed by atoms with Crippen LogP contribution in [0.15, 0.2) is 47.3 Å². The van der Waals surface area contributed by atoms with Crippen molar-refractivity contribution in [1.29, 1.82) is 0 Å². The van der Waals surface area contributed by atoms with Gasteiger partial charge < -0.3 is 14.2 Å². The third-order valence-electron chi connectivity index (χ3n) is 5.21. The molecule has 2 fully saturated rings. The van der Waals surface area contributed by atoms with Crippen molar-refractivity contribution in [1.82, 2.24) is 9.88 Å². The zero-order chi connectivity index (χ0) is 16.6. The Morgan fingerprint density at radius 1 is 1.12 bits per heavy atom. The number of likely N-dealkylation sites (tertiary alicyclic amines) is 1. The molecular formula is C18H19N3O3. The summed E-state index contributed by atoms with van der Waals surface area (Å²) in [7, 11) is 0.